The lowest BCUT2D eigenvalue weighted by Gasteiger charge is -2.11. The fourth-order valence-corrected chi connectivity index (χ4v) is 3.14. The van der Waals surface area contributed by atoms with Gasteiger partial charge in [0.2, 0.25) is 5.90 Å². The molecule has 2 aromatic rings. The number of hydrogen-bond donors (Lipinski definition) is 0. The summed E-state index contributed by atoms with van der Waals surface area (Å²) < 4.78 is 16.7. The SMILES string of the molecule is Cc1cc(CCCCCCOc2cccc(C3=NC(C)CO3)c2Cl)on1. The number of nitrogens with zero attached hydrogens (tertiary/aromatic N) is 2. The third-order valence-corrected chi connectivity index (χ3v) is 4.63. The molecule has 2 heterocycles. The molecule has 1 aromatic carbocycles. The van der Waals surface area contributed by atoms with Gasteiger partial charge in [0.1, 0.15) is 18.1 Å². The second kappa shape index (κ2) is 9.08. The lowest BCUT2D eigenvalue weighted by atomic mass is 10.1. The molecule has 0 aliphatic carbocycles. The number of ether oxygens (including phenoxy) is 2. The molecule has 0 fully saturated rings. The van der Waals surface area contributed by atoms with Crippen molar-refractivity contribution in [3.8, 4) is 5.75 Å². The van der Waals surface area contributed by atoms with E-state index in [4.69, 9.17) is 25.6 Å². The minimum Gasteiger partial charge on any atom is -0.492 e. The topological polar surface area (TPSA) is 56.9 Å². The molecule has 0 amide bonds. The Morgan fingerprint density at radius 2 is 2.08 bits per heavy atom. The molecule has 5 nitrogen and oxygen atoms in total. The first-order valence-electron chi connectivity index (χ1n) is 9.18. The maximum absolute atomic E-state index is 6.47. The highest BCUT2D eigenvalue weighted by Gasteiger charge is 2.20. The number of aryl methyl sites for hydroxylation is 2. The molecule has 1 aromatic heterocycles. The van der Waals surface area contributed by atoms with E-state index in [0.29, 0.717) is 29.9 Å². The van der Waals surface area contributed by atoms with Crippen LogP contribution in [0.5, 0.6) is 5.75 Å². The largest absolute Gasteiger partial charge is 0.492 e. The lowest BCUT2D eigenvalue weighted by molar-refractivity contribution is 0.303. The van der Waals surface area contributed by atoms with E-state index in [1.807, 2.05) is 38.1 Å². The zero-order valence-corrected chi connectivity index (χ0v) is 16.1. The number of rotatable bonds is 9. The van der Waals surface area contributed by atoms with Gasteiger partial charge < -0.3 is 14.0 Å². The van der Waals surface area contributed by atoms with E-state index in [1.54, 1.807) is 0 Å². The van der Waals surface area contributed by atoms with E-state index in [9.17, 15) is 0 Å². The van der Waals surface area contributed by atoms with Crippen molar-refractivity contribution in [2.45, 2.75) is 52.0 Å². The van der Waals surface area contributed by atoms with Crippen LogP contribution >= 0.6 is 11.6 Å². The third-order valence-electron chi connectivity index (χ3n) is 4.24. The normalized spacial score (nSPS) is 16.4. The first-order chi connectivity index (χ1) is 12.6. The molecule has 1 aliphatic heterocycles. The van der Waals surface area contributed by atoms with E-state index in [-0.39, 0.29) is 6.04 Å². The van der Waals surface area contributed by atoms with Crippen molar-refractivity contribution in [2.24, 2.45) is 4.99 Å². The molecule has 1 aliphatic rings. The van der Waals surface area contributed by atoms with Gasteiger partial charge in [-0.15, -0.1) is 0 Å². The van der Waals surface area contributed by atoms with Crippen molar-refractivity contribution in [3.63, 3.8) is 0 Å². The molecular formula is C20H25ClN2O3. The molecular weight excluding hydrogens is 352 g/mol. The molecule has 0 saturated heterocycles. The van der Waals surface area contributed by atoms with Gasteiger partial charge in [-0.05, 0) is 38.8 Å². The number of aromatic nitrogens is 1. The minimum absolute atomic E-state index is 0.173. The standard InChI is InChI=1S/C20H25ClN2O3/c1-14-12-16(26-23-14)8-5-3-4-6-11-24-18-10-7-9-17(19(18)21)20-22-15(2)13-25-20/h7,9-10,12,15H,3-6,8,11,13H2,1-2H3. The Labute approximate surface area is 159 Å². The summed E-state index contributed by atoms with van der Waals surface area (Å²) in [5.41, 5.74) is 1.74. The Morgan fingerprint density at radius 3 is 2.81 bits per heavy atom. The van der Waals surface area contributed by atoms with Gasteiger partial charge in [0, 0.05) is 12.5 Å². The second-order valence-electron chi connectivity index (χ2n) is 6.66. The van der Waals surface area contributed by atoms with Crippen LogP contribution in [0, 0.1) is 6.92 Å². The second-order valence-corrected chi connectivity index (χ2v) is 7.04. The van der Waals surface area contributed by atoms with Gasteiger partial charge >= 0.3 is 0 Å². The van der Waals surface area contributed by atoms with Crippen LogP contribution in [-0.2, 0) is 11.2 Å². The summed E-state index contributed by atoms with van der Waals surface area (Å²) in [4.78, 5) is 4.46. The van der Waals surface area contributed by atoms with E-state index < -0.39 is 0 Å². The lowest BCUT2D eigenvalue weighted by Crippen LogP contribution is -2.04. The molecule has 140 valence electrons. The number of aliphatic imine (C=N–C) groups is 1. The zero-order chi connectivity index (χ0) is 18.4. The van der Waals surface area contributed by atoms with Crippen LogP contribution in [0.4, 0.5) is 0 Å². The fourth-order valence-electron chi connectivity index (χ4n) is 2.88. The Balaban J connectivity index is 1.39. The monoisotopic (exact) mass is 376 g/mol. The Hall–Kier alpha value is -2.01. The molecule has 26 heavy (non-hydrogen) atoms. The third kappa shape index (κ3) is 5.01. The summed E-state index contributed by atoms with van der Waals surface area (Å²) >= 11 is 6.47. The highest BCUT2D eigenvalue weighted by molar-refractivity contribution is 6.35. The predicted octanol–water partition coefficient (Wildman–Crippen LogP) is 4.98. The number of benzene rings is 1. The summed E-state index contributed by atoms with van der Waals surface area (Å²) in [6.45, 7) is 5.21. The Kier molecular flexibility index (Phi) is 6.56. The highest BCUT2D eigenvalue weighted by atomic mass is 35.5. The molecule has 0 spiro atoms. The van der Waals surface area contributed by atoms with Crippen LogP contribution in [0.2, 0.25) is 5.02 Å². The molecule has 0 bridgehead atoms. The average Bonchev–Trinajstić information content (AvgIpc) is 3.23. The van der Waals surface area contributed by atoms with Crippen LogP contribution in [0.15, 0.2) is 33.8 Å². The summed E-state index contributed by atoms with van der Waals surface area (Å²) in [7, 11) is 0. The average molecular weight is 377 g/mol. The molecule has 1 unspecified atom stereocenters. The van der Waals surface area contributed by atoms with Gasteiger partial charge in [0.15, 0.2) is 0 Å². The van der Waals surface area contributed by atoms with Crippen molar-refractivity contribution in [1.82, 2.24) is 5.16 Å². The van der Waals surface area contributed by atoms with E-state index >= 15 is 0 Å². The first-order valence-corrected chi connectivity index (χ1v) is 9.56. The summed E-state index contributed by atoms with van der Waals surface area (Å²) in [5.74, 6) is 2.26. The zero-order valence-electron chi connectivity index (χ0n) is 15.3. The molecule has 3 rings (SSSR count). The molecule has 0 radical (unpaired) electrons. The van der Waals surface area contributed by atoms with Crippen LogP contribution < -0.4 is 4.74 Å². The molecule has 0 N–H and O–H groups in total. The van der Waals surface area contributed by atoms with Crippen molar-refractivity contribution in [3.05, 3.63) is 46.3 Å². The van der Waals surface area contributed by atoms with Gasteiger partial charge in [0.25, 0.3) is 0 Å². The first kappa shape index (κ1) is 18.8. The van der Waals surface area contributed by atoms with Crippen molar-refractivity contribution in [1.29, 1.82) is 0 Å². The van der Waals surface area contributed by atoms with Crippen LogP contribution in [0.3, 0.4) is 0 Å². The van der Waals surface area contributed by atoms with Crippen molar-refractivity contribution in [2.75, 3.05) is 13.2 Å². The van der Waals surface area contributed by atoms with Crippen molar-refractivity contribution < 1.29 is 14.0 Å². The van der Waals surface area contributed by atoms with Crippen LogP contribution in [0.1, 0.15) is 49.6 Å². The van der Waals surface area contributed by atoms with Gasteiger partial charge in [-0.1, -0.05) is 35.7 Å². The number of hydrogen-bond acceptors (Lipinski definition) is 5. The maximum atomic E-state index is 6.47. The quantitative estimate of drug-likeness (QED) is 0.579. The van der Waals surface area contributed by atoms with E-state index in [2.05, 4.69) is 10.1 Å². The molecule has 1 atom stereocenters. The summed E-state index contributed by atoms with van der Waals surface area (Å²) in [6.07, 6.45) is 5.28. The molecule has 0 saturated carbocycles. The van der Waals surface area contributed by atoms with E-state index in [0.717, 1.165) is 49.1 Å². The van der Waals surface area contributed by atoms with Crippen LogP contribution in [0.25, 0.3) is 0 Å². The van der Waals surface area contributed by atoms with Gasteiger partial charge in [0.05, 0.1) is 28.9 Å². The number of unbranched alkanes of at least 4 members (excludes halogenated alkanes) is 3. The Morgan fingerprint density at radius 1 is 1.23 bits per heavy atom. The summed E-state index contributed by atoms with van der Waals surface area (Å²) in [5, 5.41) is 4.47. The van der Waals surface area contributed by atoms with Gasteiger partial charge in [-0.3, -0.25) is 0 Å². The fraction of sp³-hybridized carbons (Fsp3) is 0.500. The number of halogens is 1. The van der Waals surface area contributed by atoms with Gasteiger partial charge in [-0.25, -0.2) is 4.99 Å². The minimum atomic E-state index is 0.173. The molecule has 6 heteroatoms. The maximum Gasteiger partial charge on any atom is 0.218 e. The van der Waals surface area contributed by atoms with Gasteiger partial charge in [-0.2, -0.15) is 0 Å². The van der Waals surface area contributed by atoms with Crippen LogP contribution in [-0.4, -0.2) is 30.3 Å². The van der Waals surface area contributed by atoms with Crippen molar-refractivity contribution >= 4 is 17.5 Å². The summed E-state index contributed by atoms with van der Waals surface area (Å²) in [6, 6.07) is 7.89. The van der Waals surface area contributed by atoms with E-state index in [1.165, 1.54) is 0 Å². The predicted molar refractivity (Wildman–Crippen MR) is 102 cm³/mol. The highest BCUT2D eigenvalue weighted by Crippen LogP contribution is 2.30. The Bertz CT molecular complexity index is 757. The smallest absolute Gasteiger partial charge is 0.218 e.